The van der Waals surface area contributed by atoms with Gasteiger partial charge in [-0.2, -0.15) is 0 Å². The molecule has 0 bridgehead atoms. The fourth-order valence-electron chi connectivity index (χ4n) is 1.70. The Hall–Kier alpha value is -1.40. The Morgan fingerprint density at radius 3 is 2.45 bits per heavy atom. The maximum Gasteiger partial charge on any atom is 0.175 e. The summed E-state index contributed by atoms with van der Waals surface area (Å²) in [5.41, 5.74) is 2.08. The van der Waals surface area contributed by atoms with Crippen molar-refractivity contribution in [2.24, 2.45) is 0 Å². The molecule has 106 valence electrons. The number of halogens is 1. The van der Waals surface area contributed by atoms with Gasteiger partial charge in [0.05, 0.1) is 9.37 Å². The van der Waals surface area contributed by atoms with Gasteiger partial charge < -0.3 is 5.32 Å². The average Bonchev–Trinajstić information content (AvgIpc) is 2.37. The van der Waals surface area contributed by atoms with Crippen LogP contribution >= 0.6 is 15.9 Å². The van der Waals surface area contributed by atoms with Gasteiger partial charge in [0.15, 0.2) is 9.84 Å². The van der Waals surface area contributed by atoms with Crippen molar-refractivity contribution in [3.05, 3.63) is 52.1 Å². The molecular formula is C14H15BrN2O2S. The SMILES string of the molecule is Cc1cnc(NCc2ccc(S(C)(=O)=O)cc2)c(Br)c1. The van der Waals surface area contributed by atoms with Crippen molar-refractivity contribution in [3.8, 4) is 0 Å². The van der Waals surface area contributed by atoms with E-state index in [1.165, 1.54) is 6.26 Å². The number of benzene rings is 1. The third-order valence-electron chi connectivity index (χ3n) is 2.79. The second-order valence-corrected chi connectivity index (χ2v) is 7.48. The van der Waals surface area contributed by atoms with E-state index in [0.29, 0.717) is 11.4 Å². The van der Waals surface area contributed by atoms with Crippen LogP contribution in [0.15, 0.2) is 45.9 Å². The molecule has 0 spiro atoms. The Balaban J connectivity index is 2.08. The molecule has 0 aliphatic carbocycles. The molecule has 0 aliphatic rings. The van der Waals surface area contributed by atoms with E-state index in [4.69, 9.17) is 0 Å². The molecule has 4 nitrogen and oxygen atoms in total. The summed E-state index contributed by atoms with van der Waals surface area (Å²) in [6.07, 6.45) is 2.99. The summed E-state index contributed by atoms with van der Waals surface area (Å²) in [4.78, 5) is 4.63. The van der Waals surface area contributed by atoms with Gasteiger partial charge >= 0.3 is 0 Å². The van der Waals surface area contributed by atoms with Crippen LogP contribution < -0.4 is 5.32 Å². The van der Waals surface area contributed by atoms with Crippen molar-refractivity contribution in [2.75, 3.05) is 11.6 Å². The number of hydrogen-bond acceptors (Lipinski definition) is 4. The Bertz CT molecular complexity index is 712. The number of aryl methyl sites for hydroxylation is 1. The zero-order chi connectivity index (χ0) is 14.8. The van der Waals surface area contributed by atoms with Crippen molar-refractivity contribution in [1.29, 1.82) is 0 Å². The third kappa shape index (κ3) is 3.80. The maximum atomic E-state index is 11.4. The normalized spacial score (nSPS) is 11.3. The lowest BCUT2D eigenvalue weighted by molar-refractivity contribution is 0.602. The first-order chi connectivity index (χ1) is 9.36. The molecule has 0 amide bonds. The van der Waals surface area contributed by atoms with E-state index < -0.39 is 9.84 Å². The fourth-order valence-corrected chi connectivity index (χ4v) is 2.94. The van der Waals surface area contributed by atoms with E-state index in [0.717, 1.165) is 21.4 Å². The molecule has 1 aromatic carbocycles. The van der Waals surface area contributed by atoms with Crippen LogP contribution in [0.3, 0.4) is 0 Å². The lowest BCUT2D eigenvalue weighted by atomic mass is 10.2. The van der Waals surface area contributed by atoms with Gasteiger partial charge in [-0.15, -0.1) is 0 Å². The van der Waals surface area contributed by atoms with Crippen molar-refractivity contribution < 1.29 is 8.42 Å². The second-order valence-electron chi connectivity index (χ2n) is 4.61. The lowest BCUT2D eigenvalue weighted by Crippen LogP contribution is -2.03. The van der Waals surface area contributed by atoms with E-state index in [1.54, 1.807) is 30.5 Å². The van der Waals surface area contributed by atoms with Gasteiger partial charge in [-0.1, -0.05) is 12.1 Å². The number of sulfone groups is 1. The van der Waals surface area contributed by atoms with Crippen molar-refractivity contribution in [3.63, 3.8) is 0 Å². The van der Waals surface area contributed by atoms with Crippen molar-refractivity contribution >= 4 is 31.6 Å². The summed E-state index contributed by atoms with van der Waals surface area (Å²) in [6, 6.07) is 8.81. The summed E-state index contributed by atoms with van der Waals surface area (Å²) >= 11 is 3.45. The first-order valence-corrected chi connectivity index (χ1v) is 8.70. The predicted molar refractivity (Wildman–Crippen MR) is 83.6 cm³/mol. The van der Waals surface area contributed by atoms with Crippen LogP contribution in [-0.2, 0) is 16.4 Å². The number of nitrogens with one attached hydrogen (secondary N) is 1. The molecular weight excluding hydrogens is 340 g/mol. The molecule has 0 atom stereocenters. The molecule has 0 aliphatic heterocycles. The molecule has 0 saturated heterocycles. The van der Waals surface area contributed by atoms with Gasteiger partial charge in [0.1, 0.15) is 5.82 Å². The molecule has 0 unspecified atom stereocenters. The van der Waals surface area contributed by atoms with Crippen LogP contribution in [0, 0.1) is 6.92 Å². The van der Waals surface area contributed by atoms with Gasteiger partial charge in [-0.05, 0) is 52.2 Å². The molecule has 0 radical (unpaired) electrons. The van der Waals surface area contributed by atoms with Crippen molar-refractivity contribution in [2.45, 2.75) is 18.4 Å². The fraction of sp³-hybridized carbons (Fsp3) is 0.214. The quantitative estimate of drug-likeness (QED) is 0.915. The van der Waals surface area contributed by atoms with E-state index in [-0.39, 0.29) is 0 Å². The molecule has 1 heterocycles. The minimum atomic E-state index is -3.14. The zero-order valence-corrected chi connectivity index (χ0v) is 13.6. The van der Waals surface area contributed by atoms with Crippen molar-refractivity contribution in [1.82, 2.24) is 4.98 Å². The summed E-state index contributed by atoms with van der Waals surface area (Å²) in [5, 5.41) is 3.21. The van der Waals surface area contributed by atoms with Crippen LogP contribution in [0.1, 0.15) is 11.1 Å². The van der Waals surface area contributed by atoms with Gasteiger partial charge in [-0.25, -0.2) is 13.4 Å². The van der Waals surface area contributed by atoms with Gasteiger partial charge in [0.2, 0.25) is 0 Å². The van der Waals surface area contributed by atoms with E-state index >= 15 is 0 Å². The topological polar surface area (TPSA) is 59.1 Å². The number of rotatable bonds is 4. The van der Waals surface area contributed by atoms with E-state index in [1.807, 2.05) is 13.0 Å². The number of anilines is 1. The summed E-state index contributed by atoms with van der Waals surface area (Å²) < 4.78 is 23.6. The summed E-state index contributed by atoms with van der Waals surface area (Å²) in [5.74, 6) is 0.766. The summed E-state index contributed by atoms with van der Waals surface area (Å²) in [7, 11) is -3.14. The maximum absolute atomic E-state index is 11.4. The number of aromatic nitrogens is 1. The lowest BCUT2D eigenvalue weighted by Gasteiger charge is -2.08. The summed E-state index contributed by atoms with van der Waals surface area (Å²) in [6.45, 7) is 2.56. The Morgan fingerprint density at radius 2 is 1.90 bits per heavy atom. The van der Waals surface area contributed by atoms with Crippen LogP contribution in [0.4, 0.5) is 5.82 Å². The molecule has 1 N–H and O–H groups in total. The highest BCUT2D eigenvalue weighted by atomic mass is 79.9. The molecule has 0 saturated carbocycles. The Labute approximate surface area is 127 Å². The Morgan fingerprint density at radius 1 is 1.25 bits per heavy atom. The first kappa shape index (κ1) is 15.0. The molecule has 20 heavy (non-hydrogen) atoms. The first-order valence-electron chi connectivity index (χ1n) is 6.01. The number of pyridine rings is 1. The van der Waals surface area contributed by atoms with Gasteiger partial charge in [0.25, 0.3) is 0 Å². The average molecular weight is 355 g/mol. The predicted octanol–water partition coefficient (Wildman–Crippen LogP) is 3.17. The van der Waals surface area contributed by atoms with Crippen LogP contribution in [0.5, 0.6) is 0 Å². The highest BCUT2D eigenvalue weighted by Crippen LogP contribution is 2.21. The standard InChI is InChI=1S/C14H15BrN2O2S/c1-10-7-13(15)14(16-8-10)17-9-11-3-5-12(6-4-11)20(2,18)19/h3-8H,9H2,1-2H3,(H,16,17). The van der Waals surface area contributed by atoms with Crippen LogP contribution in [0.25, 0.3) is 0 Å². The zero-order valence-electron chi connectivity index (χ0n) is 11.2. The molecule has 2 aromatic rings. The van der Waals surface area contributed by atoms with E-state index in [2.05, 4.69) is 26.2 Å². The smallest absolute Gasteiger partial charge is 0.175 e. The number of hydrogen-bond donors (Lipinski definition) is 1. The highest BCUT2D eigenvalue weighted by molar-refractivity contribution is 9.10. The molecule has 1 aromatic heterocycles. The van der Waals surface area contributed by atoms with Gasteiger partial charge in [-0.3, -0.25) is 0 Å². The minimum absolute atomic E-state index is 0.330. The second kappa shape index (κ2) is 5.93. The highest BCUT2D eigenvalue weighted by Gasteiger charge is 2.06. The van der Waals surface area contributed by atoms with E-state index in [9.17, 15) is 8.42 Å². The largest absolute Gasteiger partial charge is 0.365 e. The van der Waals surface area contributed by atoms with Crippen LogP contribution in [0.2, 0.25) is 0 Å². The van der Waals surface area contributed by atoms with Gasteiger partial charge in [0, 0.05) is 19.0 Å². The minimum Gasteiger partial charge on any atom is -0.365 e. The molecule has 2 rings (SSSR count). The number of nitrogens with zero attached hydrogens (tertiary/aromatic N) is 1. The molecule has 6 heteroatoms. The third-order valence-corrected chi connectivity index (χ3v) is 4.52. The monoisotopic (exact) mass is 354 g/mol. The molecule has 0 fully saturated rings. The Kier molecular flexibility index (Phi) is 4.45. The van der Waals surface area contributed by atoms with Crippen LogP contribution in [-0.4, -0.2) is 19.7 Å².